The molecule has 118 valence electrons. The average Bonchev–Trinajstić information content (AvgIpc) is 2.44. The van der Waals surface area contributed by atoms with Crippen molar-refractivity contribution in [2.24, 2.45) is 5.41 Å². The lowest BCUT2D eigenvalue weighted by Crippen LogP contribution is -2.43. The van der Waals surface area contributed by atoms with Crippen molar-refractivity contribution in [3.8, 4) is 0 Å². The van der Waals surface area contributed by atoms with Crippen molar-refractivity contribution >= 4 is 17.6 Å². The number of carbonyl (C=O) groups excluding carboxylic acids is 1. The third-order valence-corrected chi connectivity index (χ3v) is 3.81. The van der Waals surface area contributed by atoms with E-state index in [0.29, 0.717) is 13.1 Å². The van der Waals surface area contributed by atoms with Crippen molar-refractivity contribution in [3.63, 3.8) is 0 Å². The number of carbonyl (C=O) groups is 2. The number of aromatic carboxylic acids is 1. The number of rotatable bonds is 3. The third-order valence-electron chi connectivity index (χ3n) is 3.81. The summed E-state index contributed by atoms with van der Waals surface area (Å²) in [7, 11) is 0. The first-order valence-electron chi connectivity index (χ1n) is 7.02. The van der Waals surface area contributed by atoms with Gasteiger partial charge in [-0.05, 0) is 24.3 Å². The van der Waals surface area contributed by atoms with Gasteiger partial charge in [0.25, 0.3) is 11.6 Å². The van der Waals surface area contributed by atoms with Crippen LogP contribution in [0.4, 0.5) is 5.69 Å². The Labute approximate surface area is 127 Å². The zero-order valence-electron chi connectivity index (χ0n) is 12.5. The number of amides is 1. The summed E-state index contributed by atoms with van der Waals surface area (Å²) < 4.78 is 0. The smallest absolute Gasteiger partial charge is 0.335 e. The second-order valence-corrected chi connectivity index (χ2v) is 6.33. The van der Waals surface area contributed by atoms with Crippen LogP contribution < -0.4 is 0 Å². The van der Waals surface area contributed by atoms with E-state index >= 15 is 0 Å². The Hall–Kier alpha value is -2.44. The summed E-state index contributed by atoms with van der Waals surface area (Å²) in [6, 6.07) is 3.29. The molecule has 22 heavy (non-hydrogen) atoms. The molecule has 1 aliphatic heterocycles. The van der Waals surface area contributed by atoms with Crippen LogP contribution in [0.5, 0.6) is 0 Å². The zero-order chi connectivity index (χ0) is 16.5. The number of nitro benzene ring substituents is 1. The van der Waals surface area contributed by atoms with Crippen molar-refractivity contribution in [2.45, 2.75) is 26.7 Å². The lowest BCUT2D eigenvalue weighted by molar-refractivity contribution is -0.384. The Bertz CT molecular complexity index is 607. The second-order valence-electron chi connectivity index (χ2n) is 6.33. The Balaban J connectivity index is 2.36. The van der Waals surface area contributed by atoms with Gasteiger partial charge in [-0.2, -0.15) is 0 Å². The number of piperidine rings is 1. The van der Waals surface area contributed by atoms with Gasteiger partial charge in [-0.1, -0.05) is 13.8 Å². The van der Waals surface area contributed by atoms with Crippen LogP contribution in [-0.4, -0.2) is 39.9 Å². The lowest BCUT2D eigenvalue weighted by atomic mass is 9.84. The standard InChI is InChI=1S/C15H18N2O5/c1-15(2)4-3-5-16(9-15)13(18)10-6-11(14(19)20)8-12(7-10)17(21)22/h6-8H,3-5,9H2,1-2H3,(H,19,20). The molecule has 0 spiro atoms. The average molecular weight is 306 g/mol. The number of benzene rings is 1. The first kappa shape index (κ1) is 15.9. The molecule has 0 saturated carbocycles. The van der Waals surface area contributed by atoms with Crippen LogP contribution in [0.25, 0.3) is 0 Å². The molecule has 1 saturated heterocycles. The predicted octanol–water partition coefficient (Wildman–Crippen LogP) is 2.56. The summed E-state index contributed by atoms with van der Waals surface area (Å²) in [6.07, 6.45) is 1.87. The van der Waals surface area contributed by atoms with Crippen molar-refractivity contribution in [2.75, 3.05) is 13.1 Å². The molecule has 1 aromatic carbocycles. The highest BCUT2D eigenvalue weighted by molar-refractivity contribution is 5.98. The Morgan fingerprint density at radius 2 is 1.91 bits per heavy atom. The minimum Gasteiger partial charge on any atom is -0.478 e. The summed E-state index contributed by atoms with van der Waals surface area (Å²) >= 11 is 0. The molecule has 1 fully saturated rings. The molecule has 0 unspecified atom stereocenters. The Morgan fingerprint density at radius 1 is 1.27 bits per heavy atom. The number of likely N-dealkylation sites (tertiary alicyclic amines) is 1. The van der Waals surface area contributed by atoms with E-state index in [1.165, 1.54) is 6.07 Å². The molecule has 7 heteroatoms. The molecule has 1 aliphatic rings. The van der Waals surface area contributed by atoms with E-state index < -0.39 is 10.9 Å². The summed E-state index contributed by atoms with van der Waals surface area (Å²) in [5, 5.41) is 20.0. The summed E-state index contributed by atoms with van der Waals surface area (Å²) in [5.74, 6) is -1.66. The maximum absolute atomic E-state index is 12.5. The van der Waals surface area contributed by atoms with Gasteiger partial charge in [0.1, 0.15) is 0 Å². The Kier molecular flexibility index (Phi) is 4.16. The number of hydrogen-bond donors (Lipinski definition) is 1. The molecular weight excluding hydrogens is 288 g/mol. The summed E-state index contributed by atoms with van der Waals surface area (Å²) in [5.41, 5.74) is -0.609. The molecule has 7 nitrogen and oxygen atoms in total. The number of non-ortho nitro benzene ring substituents is 1. The van der Waals surface area contributed by atoms with Gasteiger partial charge < -0.3 is 10.0 Å². The fourth-order valence-corrected chi connectivity index (χ4v) is 2.74. The van der Waals surface area contributed by atoms with E-state index in [2.05, 4.69) is 13.8 Å². The van der Waals surface area contributed by atoms with Gasteiger partial charge in [-0.15, -0.1) is 0 Å². The monoisotopic (exact) mass is 306 g/mol. The number of nitrogens with zero attached hydrogens (tertiary/aromatic N) is 2. The van der Waals surface area contributed by atoms with Crippen LogP contribution >= 0.6 is 0 Å². The van der Waals surface area contributed by atoms with Gasteiger partial charge in [0.05, 0.1) is 10.5 Å². The molecular formula is C15H18N2O5. The van der Waals surface area contributed by atoms with Gasteiger partial charge in [0.15, 0.2) is 0 Å². The highest BCUT2D eigenvalue weighted by atomic mass is 16.6. The van der Waals surface area contributed by atoms with E-state index in [1.807, 2.05) is 0 Å². The van der Waals surface area contributed by atoms with Crippen LogP contribution in [-0.2, 0) is 0 Å². The first-order valence-corrected chi connectivity index (χ1v) is 7.02. The van der Waals surface area contributed by atoms with E-state index in [1.54, 1.807) is 4.90 Å². The highest BCUT2D eigenvalue weighted by Gasteiger charge is 2.30. The molecule has 0 atom stereocenters. The topological polar surface area (TPSA) is 101 Å². The molecule has 2 rings (SSSR count). The van der Waals surface area contributed by atoms with Gasteiger partial charge in [0, 0.05) is 30.8 Å². The maximum atomic E-state index is 12.5. The fourth-order valence-electron chi connectivity index (χ4n) is 2.74. The van der Waals surface area contributed by atoms with Gasteiger partial charge in [-0.3, -0.25) is 14.9 Å². The molecule has 0 radical (unpaired) electrons. The molecule has 0 aliphatic carbocycles. The van der Waals surface area contributed by atoms with Crippen LogP contribution in [0.2, 0.25) is 0 Å². The molecule has 0 aromatic heterocycles. The minimum atomic E-state index is -1.29. The van der Waals surface area contributed by atoms with Crippen molar-refractivity contribution in [1.29, 1.82) is 0 Å². The number of hydrogen-bond acceptors (Lipinski definition) is 4. The van der Waals surface area contributed by atoms with Gasteiger partial charge in [-0.25, -0.2) is 4.79 Å². The lowest BCUT2D eigenvalue weighted by Gasteiger charge is -2.38. The van der Waals surface area contributed by atoms with E-state index in [0.717, 1.165) is 25.0 Å². The first-order chi connectivity index (χ1) is 10.2. The van der Waals surface area contributed by atoms with E-state index in [-0.39, 0.29) is 28.1 Å². The van der Waals surface area contributed by atoms with Crippen molar-refractivity contribution < 1.29 is 19.6 Å². The third kappa shape index (κ3) is 3.41. The highest BCUT2D eigenvalue weighted by Crippen LogP contribution is 2.29. The van der Waals surface area contributed by atoms with Crippen LogP contribution in [0.3, 0.4) is 0 Å². The fraction of sp³-hybridized carbons (Fsp3) is 0.467. The quantitative estimate of drug-likeness (QED) is 0.683. The summed E-state index contributed by atoms with van der Waals surface area (Å²) in [4.78, 5) is 35.5. The SMILES string of the molecule is CC1(C)CCCN(C(=O)c2cc(C(=O)O)cc([N+](=O)[O-])c2)C1. The van der Waals surface area contributed by atoms with E-state index in [4.69, 9.17) is 5.11 Å². The van der Waals surface area contributed by atoms with Crippen molar-refractivity contribution in [1.82, 2.24) is 4.90 Å². The predicted molar refractivity (Wildman–Crippen MR) is 79.0 cm³/mol. The minimum absolute atomic E-state index is 0.00967. The van der Waals surface area contributed by atoms with Crippen LogP contribution in [0, 0.1) is 15.5 Å². The number of nitro groups is 1. The Morgan fingerprint density at radius 3 is 2.45 bits per heavy atom. The molecule has 1 N–H and O–H groups in total. The zero-order valence-corrected chi connectivity index (χ0v) is 12.5. The number of carboxylic acid groups (broad SMARTS) is 1. The molecule has 1 heterocycles. The van der Waals surface area contributed by atoms with E-state index in [9.17, 15) is 19.7 Å². The van der Waals surface area contributed by atoms with Crippen LogP contribution in [0.1, 0.15) is 47.4 Å². The largest absolute Gasteiger partial charge is 0.478 e. The van der Waals surface area contributed by atoms with Crippen molar-refractivity contribution in [3.05, 3.63) is 39.4 Å². The summed E-state index contributed by atoms with van der Waals surface area (Å²) in [6.45, 7) is 5.25. The normalized spacial score (nSPS) is 17.1. The maximum Gasteiger partial charge on any atom is 0.335 e. The number of carboxylic acids is 1. The molecule has 0 bridgehead atoms. The molecule has 1 amide bonds. The second kappa shape index (κ2) is 5.75. The van der Waals surface area contributed by atoms with Gasteiger partial charge in [0.2, 0.25) is 0 Å². The van der Waals surface area contributed by atoms with Crippen LogP contribution in [0.15, 0.2) is 18.2 Å². The van der Waals surface area contributed by atoms with Gasteiger partial charge >= 0.3 is 5.97 Å². The molecule has 1 aromatic rings.